The number of nitrogen functional groups attached to an aromatic ring is 1. The number of aromatic nitrogens is 2. The van der Waals surface area contributed by atoms with Gasteiger partial charge in [0.2, 0.25) is 0 Å². The van der Waals surface area contributed by atoms with E-state index in [-0.39, 0.29) is 23.9 Å². The number of carbonyl (C=O) groups is 2. The average molecular weight is 298 g/mol. The zero-order chi connectivity index (χ0) is 15.8. The smallest absolute Gasteiger partial charge is 0.359 e. The minimum Gasteiger partial charge on any atom is -0.451 e. The molecule has 0 saturated carbocycles. The Kier molecular flexibility index (Phi) is 6.67. The number of methoxy groups -OCH3 is 1. The van der Waals surface area contributed by atoms with Crippen LogP contribution in [0.15, 0.2) is 0 Å². The summed E-state index contributed by atoms with van der Waals surface area (Å²) in [5.41, 5.74) is 6.83. The van der Waals surface area contributed by atoms with Crippen molar-refractivity contribution < 1.29 is 19.1 Å². The van der Waals surface area contributed by atoms with Gasteiger partial charge in [-0.1, -0.05) is 0 Å². The Bertz CT molecular complexity index is 499. The van der Waals surface area contributed by atoms with Crippen LogP contribution in [-0.4, -0.2) is 48.5 Å². The van der Waals surface area contributed by atoms with Crippen molar-refractivity contribution in [3.05, 3.63) is 11.4 Å². The van der Waals surface area contributed by atoms with Gasteiger partial charge in [-0.25, -0.2) is 4.79 Å². The molecule has 8 heteroatoms. The highest BCUT2D eigenvalue weighted by atomic mass is 16.5. The summed E-state index contributed by atoms with van der Waals surface area (Å²) in [5, 5.41) is 6.75. The molecule has 21 heavy (non-hydrogen) atoms. The summed E-state index contributed by atoms with van der Waals surface area (Å²) < 4.78 is 11.3. The van der Waals surface area contributed by atoms with E-state index in [0.29, 0.717) is 31.8 Å². The molecule has 3 N–H and O–H groups in total. The number of nitrogens with two attached hydrogens (primary N) is 1. The number of ether oxygens (including phenoxy) is 2. The van der Waals surface area contributed by atoms with Crippen LogP contribution in [0.3, 0.4) is 0 Å². The molecule has 1 rings (SSSR count). The quantitative estimate of drug-likeness (QED) is 0.520. The number of nitrogens with zero attached hydrogens (tertiary/aromatic N) is 2. The van der Waals surface area contributed by atoms with Crippen LogP contribution in [0.2, 0.25) is 0 Å². The fraction of sp³-hybridized carbons (Fsp3) is 0.615. The zero-order valence-electron chi connectivity index (χ0n) is 12.6. The number of hydrogen-bond donors (Lipinski definition) is 2. The van der Waals surface area contributed by atoms with Crippen LogP contribution in [0.1, 0.15) is 29.5 Å². The Hall–Kier alpha value is -2.09. The van der Waals surface area contributed by atoms with Gasteiger partial charge in [0.25, 0.3) is 5.91 Å². The standard InChI is InChI=1S/C13H22N4O4/c1-4-17-12(11(14)9(2)16-17)13(19)21-8-10(18)15-6-5-7-20-3/h4-8,14H2,1-3H3,(H,15,18). The number of anilines is 1. The van der Waals surface area contributed by atoms with Gasteiger partial charge in [0.05, 0.1) is 11.4 Å². The Morgan fingerprint density at radius 1 is 1.43 bits per heavy atom. The third-order valence-corrected chi connectivity index (χ3v) is 2.85. The average Bonchev–Trinajstić information content (AvgIpc) is 2.76. The zero-order valence-corrected chi connectivity index (χ0v) is 12.6. The number of nitrogens with one attached hydrogen (secondary N) is 1. The first-order valence-electron chi connectivity index (χ1n) is 6.76. The summed E-state index contributed by atoms with van der Waals surface area (Å²) in [7, 11) is 1.59. The molecule has 118 valence electrons. The summed E-state index contributed by atoms with van der Waals surface area (Å²) in [6.45, 7) is 4.72. The summed E-state index contributed by atoms with van der Waals surface area (Å²) in [5.74, 6) is -1.01. The number of esters is 1. The predicted octanol–water partition coefficient (Wildman–Crippen LogP) is 0.103. The maximum atomic E-state index is 12.0. The first kappa shape index (κ1) is 17.0. The van der Waals surface area contributed by atoms with Crippen molar-refractivity contribution in [3.8, 4) is 0 Å². The topological polar surface area (TPSA) is 108 Å². The van der Waals surface area contributed by atoms with Gasteiger partial charge in [-0.15, -0.1) is 0 Å². The van der Waals surface area contributed by atoms with Crippen LogP contribution < -0.4 is 11.1 Å². The highest BCUT2D eigenvalue weighted by Gasteiger charge is 2.21. The van der Waals surface area contributed by atoms with Crippen molar-refractivity contribution in [1.82, 2.24) is 15.1 Å². The van der Waals surface area contributed by atoms with Gasteiger partial charge in [0.15, 0.2) is 12.3 Å². The Morgan fingerprint density at radius 2 is 2.14 bits per heavy atom. The molecular weight excluding hydrogens is 276 g/mol. The Labute approximate surface area is 123 Å². The van der Waals surface area contributed by atoms with E-state index >= 15 is 0 Å². The van der Waals surface area contributed by atoms with E-state index in [4.69, 9.17) is 15.2 Å². The lowest BCUT2D eigenvalue weighted by molar-refractivity contribution is -0.124. The fourth-order valence-corrected chi connectivity index (χ4v) is 1.73. The molecule has 0 bridgehead atoms. The summed E-state index contributed by atoms with van der Waals surface area (Å²) in [6.07, 6.45) is 0.699. The van der Waals surface area contributed by atoms with Crippen LogP contribution in [-0.2, 0) is 20.8 Å². The molecule has 1 amide bonds. The molecule has 1 aromatic rings. The molecular formula is C13H22N4O4. The first-order chi connectivity index (χ1) is 10.0. The third-order valence-electron chi connectivity index (χ3n) is 2.85. The van der Waals surface area contributed by atoms with Crippen molar-refractivity contribution >= 4 is 17.6 Å². The van der Waals surface area contributed by atoms with E-state index in [0.717, 1.165) is 0 Å². The summed E-state index contributed by atoms with van der Waals surface area (Å²) in [4.78, 5) is 23.5. The van der Waals surface area contributed by atoms with Crippen molar-refractivity contribution in [2.24, 2.45) is 0 Å². The minimum atomic E-state index is -0.651. The second-order valence-electron chi connectivity index (χ2n) is 4.44. The van der Waals surface area contributed by atoms with Gasteiger partial charge in [0, 0.05) is 26.8 Å². The van der Waals surface area contributed by atoms with Gasteiger partial charge in [0.1, 0.15) is 0 Å². The van der Waals surface area contributed by atoms with E-state index in [2.05, 4.69) is 10.4 Å². The van der Waals surface area contributed by atoms with Crippen molar-refractivity contribution in [3.63, 3.8) is 0 Å². The Morgan fingerprint density at radius 3 is 2.76 bits per heavy atom. The number of aryl methyl sites for hydroxylation is 2. The number of amides is 1. The molecule has 0 fully saturated rings. The summed E-state index contributed by atoms with van der Waals surface area (Å²) in [6, 6.07) is 0. The van der Waals surface area contributed by atoms with Crippen LogP contribution in [0, 0.1) is 6.92 Å². The lowest BCUT2D eigenvalue weighted by atomic mass is 10.3. The fourth-order valence-electron chi connectivity index (χ4n) is 1.73. The number of hydrogen-bond acceptors (Lipinski definition) is 6. The Balaban J connectivity index is 2.49. The highest BCUT2D eigenvalue weighted by molar-refractivity contribution is 5.95. The van der Waals surface area contributed by atoms with Gasteiger partial charge in [-0.3, -0.25) is 9.48 Å². The molecule has 0 radical (unpaired) electrons. The largest absolute Gasteiger partial charge is 0.451 e. The van der Waals surface area contributed by atoms with E-state index in [1.165, 1.54) is 4.68 Å². The van der Waals surface area contributed by atoms with E-state index in [1.54, 1.807) is 14.0 Å². The molecule has 0 spiro atoms. The van der Waals surface area contributed by atoms with Crippen LogP contribution in [0.25, 0.3) is 0 Å². The lowest BCUT2D eigenvalue weighted by Crippen LogP contribution is -2.30. The number of rotatable bonds is 8. The van der Waals surface area contributed by atoms with Gasteiger partial charge in [-0.05, 0) is 20.3 Å². The number of carbonyl (C=O) groups excluding carboxylic acids is 2. The molecule has 0 unspecified atom stereocenters. The lowest BCUT2D eigenvalue weighted by Gasteiger charge is -2.08. The van der Waals surface area contributed by atoms with Crippen molar-refractivity contribution in [1.29, 1.82) is 0 Å². The van der Waals surface area contributed by atoms with Gasteiger partial charge >= 0.3 is 5.97 Å². The monoisotopic (exact) mass is 298 g/mol. The molecule has 0 aromatic carbocycles. The molecule has 1 heterocycles. The minimum absolute atomic E-state index is 0.183. The van der Waals surface area contributed by atoms with E-state index < -0.39 is 5.97 Å². The predicted molar refractivity (Wildman–Crippen MR) is 76.8 cm³/mol. The second-order valence-corrected chi connectivity index (χ2v) is 4.44. The molecule has 0 saturated heterocycles. The molecule has 0 aliphatic heterocycles. The van der Waals surface area contributed by atoms with Crippen molar-refractivity contribution in [2.75, 3.05) is 32.6 Å². The van der Waals surface area contributed by atoms with E-state index in [9.17, 15) is 9.59 Å². The second kappa shape index (κ2) is 8.25. The SMILES string of the molecule is CCn1nc(C)c(N)c1C(=O)OCC(=O)NCCCOC. The molecule has 1 aromatic heterocycles. The molecule has 0 aliphatic carbocycles. The molecule has 0 atom stereocenters. The highest BCUT2D eigenvalue weighted by Crippen LogP contribution is 2.17. The van der Waals surface area contributed by atoms with Gasteiger partial charge in [-0.2, -0.15) is 5.10 Å². The third kappa shape index (κ3) is 4.75. The van der Waals surface area contributed by atoms with Crippen LogP contribution in [0.5, 0.6) is 0 Å². The van der Waals surface area contributed by atoms with Gasteiger partial charge < -0.3 is 20.5 Å². The maximum absolute atomic E-state index is 12.0. The maximum Gasteiger partial charge on any atom is 0.359 e. The van der Waals surface area contributed by atoms with Crippen molar-refractivity contribution in [2.45, 2.75) is 26.8 Å². The van der Waals surface area contributed by atoms with Crippen LogP contribution >= 0.6 is 0 Å². The molecule has 8 nitrogen and oxygen atoms in total. The summed E-state index contributed by atoms with van der Waals surface area (Å²) >= 11 is 0. The molecule has 0 aliphatic rings. The van der Waals surface area contributed by atoms with E-state index in [1.807, 2.05) is 6.92 Å². The van der Waals surface area contributed by atoms with Crippen LogP contribution in [0.4, 0.5) is 5.69 Å². The first-order valence-corrected chi connectivity index (χ1v) is 6.76. The normalized spacial score (nSPS) is 10.4.